The monoisotopic (exact) mass is 229 g/mol. The van der Waals surface area contributed by atoms with Gasteiger partial charge in [-0.25, -0.2) is 0 Å². The van der Waals surface area contributed by atoms with Crippen molar-refractivity contribution >= 4 is 11.3 Å². The van der Waals surface area contributed by atoms with Crippen LogP contribution in [0.2, 0.25) is 0 Å². The summed E-state index contributed by atoms with van der Waals surface area (Å²) in [7, 11) is 0. The van der Waals surface area contributed by atoms with Crippen molar-refractivity contribution in [3.05, 3.63) is 22.4 Å². The Kier molecular flexibility index (Phi) is 7.47. The molecule has 15 heavy (non-hydrogen) atoms. The van der Waals surface area contributed by atoms with Crippen molar-refractivity contribution in [2.24, 2.45) is 0 Å². The van der Waals surface area contributed by atoms with Crippen LogP contribution in [0.4, 0.5) is 0 Å². The van der Waals surface area contributed by atoms with Crippen molar-refractivity contribution in [3.63, 3.8) is 0 Å². The third-order valence-corrected chi connectivity index (χ3v) is 2.78. The van der Waals surface area contributed by atoms with Crippen LogP contribution in [0.3, 0.4) is 0 Å². The molecular weight excluding hydrogens is 210 g/mol. The summed E-state index contributed by atoms with van der Waals surface area (Å²) in [6.07, 6.45) is 2.10. The highest BCUT2D eigenvalue weighted by Crippen LogP contribution is 2.05. The summed E-state index contributed by atoms with van der Waals surface area (Å²) in [6, 6.07) is 2.16. The molecule has 0 aliphatic carbocycles. The van der Waals surface area contributed by atoms with Gasteiger partial charge in [-0.3, -0.25) is 0 Å². The molecule has 0 saturated heterocycles. The normalized spacial score (nSPS) is 10.7. The van der Waals surface area contributed by atoms with Crippen molar-refractivity contribution in [1.82, 2.24) is 5.32 Å². The van der Waals surface area contributed by atoms with Crippen LogP contribution in [0.15, 0.2) is 16.8 Å². The second-order valence-corrected chi connectivity index (χ2v) is 4.10. The Morgan fingerprint density at radius 1 is 1.33 bits per heavy atom. The summed E-state index contributed by atoms with van der Waals surface area (Å²) in [5.41, 5.74) is 1.41. The van der Waals surface area contributed by atoms with Gasteiger partial charge >= 0.3 is 0 Å². The van der Waals surface area contributed by atoms with Crippen molar-refractivity contribution < 1.29 is 9.84 Å². The van der Waals surface area contributed by atoms with Crippen molar-refractivity contribution in [2.45, 2.75) is 12.8 Å². The Balaban J connectivity index is 1.81. The number of thiophene rings is 1. The maximum atomic E-state index is 8.47. The summed E-state index contributed by atoms with van der Waals surface area (Å²) in [6.45, 7) is 3.30. The molecule has 3 nitrogen and oxygen atoms in total. The smallest absolute Gasteiger partial charge is 0.0697 e. The molecule has 1 aromatic heterocycles. The molecule has 1 heterocycles. The topological polar surface area (TPSA) is 41.5 Å². The van der Waals surface area contributed by atoms with Crippen LogP contribution in [-0.2, 0) is 11.2 Å². The highest BCUT2D eigenvalue weighted by molar-refractivity contribution is 7.07. The molecule has 0 radical (unpaired) electrons. The fourth-order valence-electron chi connectivity index (χ4n) is 1.26. The van der Waals surface area contributed by atoms with Gasteiger partial charge in [-0.15, -0.1) is 0 Å². The average molecular weight is 229 g/mol. The minimum atomic E-state index is 0.117. The third kappa shape index (κ3) is 6.62. The number of nitrogens with one attached hydrogen (secondary N) is 1. The number of ether oxygens (including phenoxy) is 1. The molecule has 0 bridgehead atoms. The van der Waals surface area contributed by atoms with E-state index < -0.39 is 0 Å². The Labute approximate surface area is 95.1 Å². The van der Waals surface area contributed by atoms with Gasteiger partial charge in [0.05, 0.1) is 13.2 Å². The minimum absolute atomic E-state index is 0.117. The highest BCUT2D eigenvalue weighted by Gasteiger charge is 1.93. The first-order valence-electron chi connectivity index (χ1n) is 5.34. The molecule has 0 spiro atoms. The lowest BCUT2D eigenvalue weighted by Crippen LogP contribution is -2.19. The molecule has 0 saturated carbocycles. The van der Waals surface area contributed by atoms with Gasteiger partial charge in [-0.2, -0.15) is 11.3 Å². The van der Waals surface area contributed by atoms with Gasteiger partial charge in [0.2, 0.25) is 0 Å². The van der Waals surface area contributed by atoms with Gasteiger partial charge in [0, 0.05) is 6.61 Å². The third-order valence-electron chi connectivity index (χ3n) is 2.05. The standard InChI is InChI=1S/C11H19NO2S/c13-6-8-14-7-1-4-12-5-2-11-3-9-15-10-11/h3,9-10,12-13H,1-2,4-8H2. The van der Waals surface area contributed by atoms with Crippen LogP contribution < -0.4 is 5.32 Å². The zero-order valence-corrected chi connectivity index (χ0v) is 9.76. The van der Waals surface area contributed by atoms with Crippen molar-refractivity contribution in [1.29, 1.82) is 0 Å². The van der Waals surface area contributed by atoms with E-state index in [1.807, 2.05) is 0 Å². The van der Waals surface area contributed by atoms with E-state index >= 15 is 0 Å². The molecule has 0 aliphatic rings. The lowest BCUT2D eigenvalue weighted by atomic mass is 10.2. The summed E-state index contributed by atoms with van der Waals surface area (Å²) in [5.74, 6) is 0. The van der Waals surface area contributed by atoms with Crippen molar-refractivity contribution in [3.8, 4) is 0 Å². The summed E-state index contributed by atoms with van der Waals surface area (Å²) < 4.78 is 5.15. The molecule has 0 aliphatic heterocycles. The van der Waals surface area contributed by atoms with Crippen molar-refractivity contribution in [2.75, 3.05) is 32.9 Å². The summed E-state index contributed by atoms with van der Waals surface area (Å²) in [4.78, 5) is 0. The fraction of sp³-hybridized carbons (Fsp3) is 0.636. The lowest BCUT2D eigenvalue weighted by molar-refractivity contribution is 0.0908. The Morgan fingerprint density at radius 3 is 3.00 bits per heavy atom. The first-order valence-corrected chi connectivity index (χ1v) is 6.28. The quantitative estimate of drug-likeness (QED) is 0.627. The maximum absolute atomic E-state index is 8.47. The average Bonchev–Trinajstić information content (AvgIpc) is 2.75. The van der Waals surface area contributed by atoms with Crippen LogP contribution >= 0.6 is 11.3 Å². The molecule has 4 heteroatoms. The van der Waals surface area contributed by atoms with Gasteiger partial charge < -0.3 is 15.2 Å². The van der Waals surface area contributed by atoms with Crippen LogP contribution in [0.25, 0.3) is 0 Å². The number of aliphatic hydroxyl groups is 1. The maximum Gasteiger partial charge on any atom is 0.0697 e. The van der Waals surface area contributed by atoms with Crippen LogP contribution in [0, 0.1) is 0 Å². The van der Waals surface area contributed by atoms with E-state index in [0.29, 0.717) is 6.61 Å². The van der Waals surface area contributed by atoms with Gasteiger partial charge in [0.15, 0.2) is 0 Å². The van der Waals surface area contributed by atoms with Crippen LogP contribution in [0.5, 0.6) is 0 Å². The molecule has 0 unspecified atom stereocenters. The zero-order chi connectivity index (χ0) is 10.8. The SMILES string of the molecule is OCCOCCCNCCc1ccsc1. The minimum Gasteiger partial charge on any atom is -0.394 e. The number of hydrogen-bond acceptors (Lipinski definition) is 4. The van der Waals surface area contributed by atoms with E-state index in [1.165, 1.54) is 5.56 Å². The Morgan fingerprint density at radius 2 is 2.27 bits per heavy atom. The summed E-state index contributed by atoms with van der Waals surface area (Å²) >= 11 is 1.75. The first-order chi connectivity index (χ1) is 7.43. The lowest BCUT2D eigenvalue weighted by Gasteiger charge is -2.04. The summed E-state index contributed by atoms with van der Waals surface area (Å²) in [5, 5.41) is 16.1. The van der Waals surface area contributed by atoms with Gasteiger partial charge in [-0.05, 0) is 48.3 Å². The van der Waals surface area contributed by atoms with Crippen LogP contribution in [0.1, 0.15) is 12.0 Å². The molecule has 0 amide bonds. The molecule has 2 N–H and O–H groups in total. The van der Waals surface area contributed by atoms with Crippen LogP contribution in [-0.4, -0.2) is 38.0 Å². The van der Waals surface area contributed by atoms with Gasteiger partial charge in [-0.1, -0.05) is 0 Å². The molecular formula is C11H19NO2S. The van der Waals surface area contributed by atoms with E-state index in [4.69, 9.17) is 9.84 Å². The highest BCUT2D eigenvalue weighted by atomic mass is 32.1. The first kappa shape index (κ1) is 12.6. The van der Waals surface area contributed by atoms with E-state index in [1.54, 1.807) is 11.3 Å². The molecule has 86 valence electrons. The number of aliphatic hydroxyl groups excluding tert-OH is 1. The predicted molar refractivity (Wildman–Crippen MR) is 63.4 cm³/mol. The van der Waals surface area contributed by atoms with Gasteiger partial charge in [0.1, 0.15) is 0 Å². The molecule has 0 fully saturated rings. The number of hydrogen-bond donors (Lipinski definition) is 2. The molecule has 0 atom stereocenters. The van der Waals surface area contributed by atoms with E-state index in [9.17, 15) is 0 Å². The second kappa shape index (κ2) is 8.85. The van der Waals surface area contributed by atoms with E-state index in [-0.39, 0.29) is 6.61 Å². The largest absolute Gasteiger partial charge is 0.394 e. The molecule has 0 aromatic carbocycles. The fourth-order valence-corrected chi connectivity index (χ4v) is 1.96. The van der Waals surface area contributed by atoms with E-state index in [2.05, 4.69) is 22.1 Å². The predicted octanol–water partition coefficient (Wildman–Crippen LogP) is 1.28. The zero-order valence-electron chi connectivity index (χ0n) is 8.95. The Bertz CT molecular complexity index is 227. The molecule has 1 rings (SSSR count). The molecule has 1 aromatic rings. The number of rotatable bonds is 9. The van der Waals surface area contributed by atoms with Gasteiger partial charge in [0.25, 0.3) is 0 Å². The second-order valence-electron chi connectivity index (χ2n) is 3.32. The van der Waals surface area contributed by atoms with E-state index in [0.717, 1.165) is 32.5 Å². The Hall–Kier alpha value is -0.420.